The SMILES string of the molecule is CC1(CNCc2ccncc2Cl)CCCO1. The van der Waals surface area contributed by atoms with Crippen LogP contribution in [0.1, 0.15) is 25.3 Å². The highest BCUT2D eigenvalue weighted by Crippen LogP contribution is 2.24. The first-order valence-corrected chi connectivity index (χ1v) is 6.00. The van der Waals surface area contributed by atoms with E-state index < -0.39 is 0 Å². The smallest absolute Gasteiger partial charge is 0.0779 e. The van der Waals surface area contributed by atoms with Gasteiger partial charge in [-0.2, -0.15) is 0 Å². The Hall–Kier alpha value is -0.640. The van der Waals surface area contributed by atoms with Crippen molar-refractivity contribution in [3.05, 3.63) is 29.0 Å². The van der Waals surface area contributed by atoms with Gasteiger partial charge in [0, 0.05) is 32.1 Å². The van der Waals surface area contributed by atoms with Gasteiger partial charge in [-0.25, -0.2) is 0 Å². The molecular formula is C12H17ClN2O. The van der Waals surface area contributed by atoms with Crippen LogP contribution in [0.25, 0.3) is 0 Å². The van der Waals surface area contributed by atoms with E-state index in [9.17, 15) is 0 Å². The summed E-state index contributed by atoms with van der Waals surface area (Å²) in [6, 6.07) is 1.94. The van der Waals surface area contributed by atoms with Gasteiger partial charge in [0.15, 0.2) is 0 Å². The third-order valence-electron chi connectivity index (χ3n) is 2.97. The first kappa shape index (κ1) is 11.8. The van der Waals surface area contributed by atoms with Crippen LogP contribution in [0.15, 0.2) is 18.5 Å². The van der Waals surface area contributed by atoms with Gasteiger partial charge >= 0.3 is 0 Å². The number of hydrogen-bond acceptors (Lipinski definition) is 3. The quantitative estimate of drug-likeness (QED) is 0.878. The summed E-state index contributed by atoms with van der Waals surface area (Å²) in [6.07, 6.45) is 5.72. The zero-order chi connectivity index (χ0) is 11.4. The lowest BCUT2D eigenvalue weighted by molar-refractivity contribution is 0.0207. The fourth-order valence-electron chi connectivity index (χ4n) is 1.99. The van der Waals surface area contributed by atoms with E-state index in [1.165, 1.54) is 0 Å². The molecule has 1 aliphatic heterocycles. The van der Waals surface area contributed by atoms with Crippen LogP contribution in [0.5, 0.6) is 0 Å². The van der Waals surface area contributed by atoms with E-state index >= 15 is 0 Å². The maximum atomic E-state index is 6.02. The largest absolute Gasteiger partial charge is 0.374 e. The number of pyridine rings is 1. The Morgan fingerprint density at radius 1 is 1.62 bits per heavy atom. The van der Waals surface area contributed by atoms with Crippen molar-refractivity contribution in [3.8, 4) is 0 Å². The molecule has 2 rings (SSSR count). The number of nitrogens with one attached hydrogen (secondary N) is 1. The van der Waals surface area contributed by atoms with Crippen LogP contribution in [-0.2, 0) is 11.3 Å². The van der Waals surface area contributed by atoms with Crippen molar-refractivity contribution < 1.29 is 4.74 Å². The average molecular weight is 241 g/mol. The van der Waals surface area contributed by atoms with E-state index in [0.717, 1.165) is 38.1 Å². The number of hydrogen-bond donors (Lipinski definition) is 1. The third-order valence-corrected chi connectivity index (χ3v) is 3.31. The molecule has 0 amide bonds. The Morgan fingerprint density at radius 3 is 3.19 bits per heavy atom. The van der Waals surface area contributed by atoms with Gasteiger partial charge in [0.2, 0.25) is 0 Å². The molecule has 1 atom stereocenters. The van der Waals surface area contributed by atoms with Crippen molar-refractivity contribution in [1.29, 1.82) is 0 Å². The van der Waals surface area contributed by atoms with Crippen LogP contribution in [0, 0.1) is 0 Å². The summed E-state index contributed by atoms with van der Waals surface area (Å²) in [5.41, 5.74) is 1.08. The zero-order valence-electron chi connectivity index (χ0n) is 9.50. The molecule has 1 aliphatic rings. The summed E-state index contributed by atoms with van der Waals surface area (Å²) in [4.78, 5) is 3.96. The molecule has 0 saturated carbocycles. The maximum Gasteiger partial charge on any atom is 0.0779 e. The van der Waals surface area contributed by atoms with E-state index in [4.69, 9.17) is 16.3 Å². The van der Waals surface area contributed by atoms with Gasteiger partial charge in [0.05, 0.1) is 10.6 Å². The highest BCUT2D eigenvalue weighted by atomic mass is 35.5. The van der Waals surface area contributed by atoms with Crippen molar-refractivity contribution in [3.63, 3.8) is 0 Å². The molecular weight excluding hydrogens is 224 g/mol. The molecule has 1 saturated heterocycles. The second kappa shape index (κ2) is 5.13. The van der Waals surface area contributed by atoms with E-state index in [1.54, 1.807) is 12.4 Å². The predicted molar refractivity (Wildman–Crippen MR) is 64.5 cm³/mol. The molecule has 1 aromatic heterocycles. The highest BCUT2D eigenvalue weighted by molar-refractivity contribution is 6.31. The first-order chi connectivity index (χ1) is 7.70. The monoisotopic (exact) mass is 240 g/mol. The van der Waals surface area contributed by atoms with Crippen LogP contribution in [-0.4, -0.2) is 23.7 Å². The molecule has 0 radical (unpaired) electrons. The molecule has 1 fully saturated rings. The summed E-state index contributed by atoms with van der Waals surface area (Å²) in [5.74, 6) is 0. The number of nitrogens with zero attached hydrogens (tertiary/aromatic N) is 1. The lowest BCUT2D eigenvalue weighted by Crippen LogP contribution is -2.36. The minimum atomic E-state index is -0.000490. The van der Waals surface area contributed by atoms with Gasteiger partial charge in [-0.15, -0.1) is 0 Å². The number of halogens is 1. The summed E-state index contributed by atoms with van der Waals surface area (Å²) < 4.78 is 5.70. The zero-order valence-corrected chi connectivity index (χ0v) is 10.3. The van der Waals surface area contributed by atoms with Crippen molar-refractivity contribution >= 4 is 11.6 Å². The minimum Gasteiger partial charge on any atom is -0.374 e. The van der Waals surface area contributed by atoms with Crippen LogP contribution in [0.4, 0.5) is 0 Å². The van der Waals surface area contributed by atoms with Gasteiger partial charge in [-0.3, -0.25) is 4.98 Å². The third kappa shape index (κ3) is 2.94. The van der Waals surface area contributed by atoms with Gasteiger partial charge in [0.25, 0.3) is 0 Å². The first-order valence-electron chi connectivity index (χ1n) is 5.63. The van der Waals surface area contributed by atoms with Gasteiger partial charge < -0.3 is 10.1 Å². The molecule has 1 N–H and O–H groups in total. The number of aromatic nitrogens is 1. The lowest BCUT2D eigenvalue weighted by Gasteiger charge is -2.23. The molecule has 0 aromatic carbocycles. The van der Waals surface area contributed by atoms with Gasteiger partial charge in [-0.05, 0) is 31.4 Å². The van der Waals surface area contributed by atoms with Crippen molar-refractivity contribution in [2.45, 2.75) is 31.9 Å². The molecule has 88 valence electrons. The molecule has 2 heterocycles. The molecule has 1 unspecified atom stereocenters. The fourth-order valence-corrected chi connectivity index (χ4v) is 2.17. The lowest BCUT2D eigenvalue weighted by atomic mass is 10.0. The van der Waals surface area contributed by atoms with Crippen LogP contribution in [0.2, 0.25) is 5.02 Å². The Kier molecular flexibility index (Phi) is 3.79. The summed E-state index contributed by atoms with van der Waals surface area (Å²) in [7, 11) is 0. The van der Waals surface area contributed by atoms with Gasteiger partial charge in [0.1, 0.15) is 0 Å². The average Bonchev–Trinajstić information content (AvgIpc) is 2.68. The second-order valence-corrected chi connectivity index (χ2v) is 4.88. The molecule has 0 bridgehead atoms. The van der Waals surface area contributed by atoms with Gasteiger partial charge in [-0.1, -0.05) is 11.6 Å². The van der Waals surface area contributed by atoms with Crippen molar-refractivity contribution in [1.82, 2.24) is 10.3 Å². The topological polar surface area (TPSA) is 34.2 Å². The van der Waals surface area contributed by atoms with Crippen molar-refractivity contribution in [2.24, 2.45) is 0 Å². The normalized spacial score (nSPS) is 24.9. The highest BCUT2D eigenvalue weighted by Gasteiger charge is 2.28. The van der Waals surface area contributed by atoms with Crippen LogP contribution < -0.4 is 5.32 Å². The van der Waals surface area contributed by atoms with E-state index in [2.05, 4.69) is 17.2 Å². The molecule has 4 heteroatoms. The van der Waals surface area contributed by atoms with Crippen LogP contribution >= 0.6 is 11.6 Å². The minimum absolute atomic E-state index is 0.000490. The molecule has 1 aromatic rings. The van der Waals surface area contributed by atoms with E-state index in [-0.39, 0.29) is 5.60 Å². The Bertz CT molecular complexity index is 351. The molecule has 0 spiro atoms. The summed E-state index contributed by atoms with van der Waals surface area (Å²) >= 11 is 6.02. The predicted octanol–water partition coefficient (Wildman–Crippen LogP) is 2.39. The van der Waals surface area contributed by atoms with E-state index in [1.807, 2.05) is 6.07 Å². The van der Waals surface area contributed by atoms with Crippen molar-refractivity contribution in [2.75, 3.05) is 13.2 Å². The molecule has 16 heavy (non-hydrogen) atoms. The maximum absolute atomic E-state index is 6.02. The van der Waals surface area contributed by atoms with E-state index in [0.29, 0.717) is 5.02 Å². The second-order valence-electron chi connectivity index (χ2n) is 4.47. The standard InChI is InChI=1S/C12H17ClN2O/c1-12(4-2-6-16-12)9-15-7-10-3-5-14-8-11(10)13/h3,5,8,15H,2,4,6-7,9H2,1H3. The Balaban J connectivity index is 1.82. The molecule has 3 nitrogen and oxygen atoms in total. The summed E-state index contributed by atoms with van der Waals surface area (Å²) in [5, 5.41) is 4.10. The van der Waals surface area contributed by atoms with Crippen LogP contribution in [0.3, 0.4) is 0 Å². The number of ether oxygens (including phenoxy) is 1. The fraction of sp³-hybridized carbons (Fsp3) is 0.583. The Morgan fingerprint density at radius 2 is 2.50 bits per heavy atom. The summed E-state index contributed by atoms with van der Waals surface area (Å²) in [6.45, 7) is 4.67. The number of rotatable bonds is 4. The molecule has 0 aliphatic carbocycles. The Labute approximate surface area is 101 Å².